The van der Waals surface area contributed by atoms with Gasteiger partial charge in [-0.05, 0) is 28.8 Å². The average Bonchev–Trinajstić information content (AvgIpc) is 2.80. The van der Waals surface area contributed by atoms with Crippen LogP contribution in [0.2, 0.25) is 0 Å². The summed E-state index contributed by atoms with van der Waals surface area (Å²) in [6, 6.07) is 16.5. The monoisotopic (exact) mass is 453 g/mol. The van der Waals surface area contributed by atoms with Crippen LogP contribution in [0.25, 0.3) is 5.57 Å². The number of carboxylic acids is 1. The molecule has 9 heteroatoms. The molecule has 0 fully saturated rings. The summed E-state index contributed by atoms with van der Waals surface area (Å²) in [6.07, 6.45) is 1.13. The Morgan fingerprint density at radius 2 is 1.67 bits per heavy atom. The SMILES string of the molecule is COC=C(C(=O)O)c1ccccc1COc1cc(F)cc(OCc2ccc([N+](=O)[O-])cc2)c1. The number of hydrogen-bond donors (Lipinski definition) is 1. The van der Waals surface area contributed by atoms with Gasteiger partial charge in [0, 0.05) is 30.3 Å². The van der Waals surface area contributed by atoms with Crippen LogP contribution in [0, 0.1) is 15.9 Å². The number of methoxy groups -OCH3 is 1. The van der Waals surface area contributed by atoms with Gasteiger partial charge < -0.3 is 19.3 Å². The van der Waals surface area contributed by atoms with E-state index in [0.717, 1.165) is 6.26 Å². The summed E-state index contributed by atoms with van der Waals surface area (Å²) in [4.78, 5) is 21.8. The number of benzene rings is 3. The summed E-state index contributed by atoms with van der Waals surface area (Å²) in [6.45, 7) is 0.0588. The smallest absolute Gasteiger partial charge is 0.339 e. The number of nitrogens with zero attached hydrogens (tertiary/aromatic N) is 1. The van der Waals surface area contributed by atoms with Crippen LogP contribution in [0.4, 0.5) is 10.1 Å². The van der Waals surface area contributed by atoms with Crippen LogP contribution in [0.1, 0.15) is 16.7 Å². The normalized spacial score (nSPS) is 11.0. The van der Waals surface area contributed by atoms with E-state index in [9.17, 15) is 24.4 Å². The maximum absolute atomic E-state index is 14.1. The Morgan fingerprint density at radius 1 is 1.03 bits per heavy atom. The van der Waals surface area contributed by atoms with Gasteiger partial charge >= 0.3 is 5.97 Å². The van der Waals surface area contributed by atoms with Crippen LogP contribution in [0.3, 0.4) is 0 Å². The number of halogens is 1. The van der Waals surface area contributed by atoms with Crippen molar-refractivity contribution in [2.24, 2.45) is 0 Å². The summed E-state index contributed by atoms with van der Waals surface area (Å²) in [7, 11) is 1.35. The maximum Gasteiger partial charge on any atom is 0.339 e. The van der Waals surface area contributed by atoms with Gasteiger partial charge in [-0.25, -0.2) is 9.18 Å². The lowest BCUT2D eigenvalue weighted by atomic mass is 10.0. The fourth-order valence-electron chi connectivity index (χ4n) is 3.00. The van der Waals surface area contributed by atoms with Crippen molar-refractivity contribution < 1.29 is 33.4 Å². The van der Waals surface area contributed by atoms with Crippen molar-refractivity contribution in [2.45, 2.75) is 13.2 Å². The third kappa shape index (κ3) is 6.30. The molecular formula is C24H20FNO7. The Labute approximate surface area is 188 Å². The highest BCUT2D eigenvalue weighted by Gasteiger charge is 2.15. The highest BCUT2D eigenvalue weighted by atomic mass is 19.1. The van der Waals surface area contributed by atoms with Gasteiger partial charge in [-0.2, -0.15) is 0 Å². The first-order chi connectivity index (χ1) is 15.9. The Kier molecular flexibility index (Phi) is 7.59. The zero-order valence-electron chi connectivity index (χ0n) is 17.6. The molecule has 0 amide bonds. The van der Waals surface area contributed by atoms with Crippen molar-refractivity contribution in [1.29, 1.82) is 0 Å². The number of carbonyl (C=O) groups is 1. The molecule has 0 aliphatic rings. The molecule has 8 nitrogen and oxygen atoms in total. The van der Waals surface area contributed by atoms with Gasteiger partial charge in [0.25, 0.3) is 5.69 Å². The molecule has 0 unspecified atom stereocenters. The van der Waals surface area contributed by atoms with Crippen molar-refractivity contribution in [2.75, 3.05) is 7.11 Å². The molecule has 0 aromatic heterocycles. The molecule has 0 aliphatic heterocycles. The second kappa shape index (κ2) is 10.8. The number of aliphatic carboxylic acids is 1. The third-order valence-corrected chi connectivity index (χ3v) is 4.57. The fraction of sp³-hybridized carbons (Fsp3) is 0.125. The molecule has 0 saturated carbocycles. The van der Waals surface area contributed by atoms with E-state index in [4.69, 9.17) is 14.2 Å². The number of nitro groups is 1. The van der Waals surface area contributed by atoms with Crippen molar-refractivity contribution in [3.63, 3.8) is 0 Å². The topological polar surface area (TPSA) is 108 Å². The third-order valence-electron chi connectivity index (χ3n) is 4.57. The molecule has 0 aliphatic carbocycles. The minimum Gasteiger partial charge on any atom is -0.503 e. The number of nitro benzene ring substituents is 1. The highest BCUT2D eigenvalue weighted by Crippen LogP contribution is 2.26. The number of non-ortho nitro benzene ring substituents is 1. The Balaban J connectivity index is 1.71. The van der Waals surface area contributed by atoms with E-state index in [1.165, 1.54) is 37.4 Å². The average molecular weight is 453 g/mol. The molecule has 0 radical (unpaired) electrons. The number of rotatable bonds is 10. The van der Waals surface area contributed by atoms with E-state index in [1.807, 2.05) is 0 Å². The molecule has 0 bridgehead atoms. The summed E-state index contributed by atoms with van der Waals surface area (Å²) in [5.74, 6) is -1.33. The van der Waals surface area contributed by atoms with Crippen LogP contribution in [-0.2, 0) is 22.7 Å². The van der Waals surface area contributed by atoms with Gasteiger partial charge in [0.05, 0.1) is 18.3 Å². The van der Waals surface area contributed by atoms with Gasteiger partial charge in [-0.1, -0.05) is 24.3 Å². The van der Waals surface area contributed by atoms with Gasteiger partial charge in [0.1, 0.15) is 36.1 Å². The number of ether oxygens (including phenoxy) is 3. The van der Waals surface area contributed by atoms with Gasteiger partial charge in [0.2, 0.25) is 0 Å². The van der Waals surface area contributed by atoms with Crippen LogP contribution < -0.4 is 9.47 Å². The minimum atomic E-state index is -1.16. The molecule has 0 atom stereocenters. The van der Waals surface area contributed by atoms with Gasteiger partial charge in [-0.3, -0.25) is 10.1 Å². The van der Waals surface area contributed by atoms with Crippen molar-refractivity contribution in [3.8, 4) is 11.5 Å². The van der Waals surface area contributed by atoms with Gasteiger partial charge in [-0.15, -0.1) is 0 Å². The Bertz CT molecular complexity index is 1180. The molecule has 0 heterocycles. The zero-order chi connectivity index (χ0) is 23.8. The Hall–Kier alpha value is -4.40. The van der Waals surface area contributed by atoms with E-state index in [2.05, 4.69) is 0 Å². The highest BCUT2D eigenvalue weighted by molar-refractivity contribution is 6.15. The first kappa shape index (κ1) is 23.3. The predicted octanol–water partition coefficient (Wildman–Crippen LogP) is 4.96. The lowest BCUT2D eigenvalue weighted by Gasteiger charge is -2.13. The largest absolute Gasteiger partial charge is 0.503 e. The molecule has 3 aromatic carbocycles. The Morgan fingerprint density at radius 3 is 2.27 bits per heavy atom. The molecule has 3 aromatic rings. The second-order valence-electron chi connectivity index (χ2n) is 6.85. The van der Waals surface area contributed by atoms with E-state index >= 15 is 0 Å². The quantitative estimate of drug-likeness (QED) is 0.200. The second-order valence-corrected chi connectivity index (χ2v) is 6.85. The molecule has 170 valence electrons. The summed E-state index contributed by atoms with van der Waals surface area (Å²) >= 11 is 0. The lowest BCUT2D eigenvalue weighted by Crippen LogP contribution is -2.06. The molecule has 0 spiro atoms. The standard InChI is InChI=1S/C24H20FNO7/c1-31-15-23(24(27)28)22-5-3-2-4-17(22)14-33-21-11-18(25)10-20(12-21)32-13-16-6-8-19(9-7-16)26(29)30/h2-12,15H,13-14H2,1H3,(H,27,28). The molecule has 3 rings (SSSR count). The van der Waals surface area contributed by atoms with Gasteiger partial charge in [0.15, 0.2) is 0 Å². The van der Waals surface area contributed by atoms with E-state index in [1.54, 1.807) is 36.4 Å². The van der Waals surface area contributed by atoms with Crippen molar-refractivity contribution >= 4 is 17.2 Å². The molecule has 1 N–H and O–H groups in total. The minimum absolute atomic E-state index is 0.0181. The molecular weight excluding hydrogens is 433 g/mol. The first-order valence-electron chi connectivity index (χ1n) is 9.71. The van der Waals surface area contributed by atoms with E-state index in [-0.39, 0.29) is 36.0 Å². The van der Waals surface area contributed by atoms with Crippen molar-refractivity contribution in [1.82, 2.24) is 0 Å². The molecule has 0 saturated heterocycles. The predicted molar refractivity (Wildman–Crippen MR) is 117 cm³/mol. The summed E-state index contributed by atoms with van der Waals surface area (Å²) < 4.78 is 30.3. The van der Waals surface area contributed by atoms with E-state index < -0.39 is 16.7 Å². The maximum atomic E-state index is 14.1. The summed E-state index contributed by atoms with van der Waals surface area (Å²) in [5.41, 5.74) is 1.58. The van der Waals surface area contributed by atoms with E-state index in [0.29, 0.717) is 16.7 Å². The number of hydrogen-bond acceptors (Lipinski definition) is 6. The molecule has 33 heavy (non-hydrogen) atoms. The van der Waals surface area contributed by atoms with Crippen LogP contribution in [0.15, 0.2) is 73.0 Å². The fourth-order valence-corrected chi connectivity index (χ4v) is 3.00. The van der Waals surface area contributed by atoms with Crippen LogP contribution >= 0.6 is 0 Å². The van der Waals surface area contributed by atoms with Crippen LogP contribution in [-0.4, -0.2) is 23.1 Å². The zero-order valence-corrected chi connectivity index (χ0v) is 17.6. The number of carboxylic acid groups (broad SMARTS) is 1. The first-order valence-corrected chi connectivity index (χ1v) is 9.71. The summed E-state index contributed by atoms with van der Waals surface area (Å²) in [5, 5.41) is 20.2. The lowest BCUT2D eigenvalue weighted by molar-refractivity contribution is -0.384. The van der Waals surface area contributed by atoms with Crippen LogP contribution in [0.5, 0.6) is 11.5 Å². The van der Waals surface area contributed by atoms with Crippen molar-refractivity contribution in [3.05, 3.63) is 106 Å².